The molecule has 0 spiro atoms. The molecule has 0 unspecified atom stereocenters. The number of aromatic amines is 1. The monoisotopic (exact) mass is 376 g/mol. The van der Waals surface area contributed by atoms with E-state index in [0.29, 0.717) is 11.5 Å². The average Bonchev–Trinajstić information content (AvgIpc) is 3.24. The van der Waals surface area contributed by atoms with Crippen molar-refractivity contribution in [2.45, 2.75) is 38.5 Å². The SMILES string of the molecule is CCCc1nccc(-c2cn[nH]c2C2CCN(C(=O)c3ccncc3)CC2)n1. The van der Waals surface area contributed by atoms with Crippen LogP contribution in [-0.2, 0) is 6.42 Å². The minimum Gasteiger partial charge on any atom is -0.339 e. The zero-order valence-corrected chi connectivity index (χ0v) is 16.0. The number of hydrogen-bond acceptors (Lipinski definition) is 5. The molecule has 1 N–H and O–H groups in total. The molecule has 0 aromatic carbocycles. The smallest absolute Gasteiger partial charge is 0.253 e. The van der Waals surface area contributed by atoms with E-state index in [9.17, 15) is 4.79 Å². The minimum atomic E-state index is 0.0747. The molecule has 3 aromatic heterocycles. The molecule has 1 saturated heterocycles. The van der Waals surface area contributed by atoms with Gasteiger partial charge in [-0.3, -0.25) is 14.9 Å². The van der Waals surface area contributed by atoms with Gasteiger partial charge in [0.05, 0.1) is 11.9 Å². The number of hydrogen-bond donors (Lipinski definition) is 1. The Hall–Kier alpha value is -3.09. The highest BCUT2D eigenvalue weighted by Gasteiger charge is 2.27. The van der Waals surface area contributed by atoms with Gasteiger partial charge in [-0.25, -0.2) is 9.97 Å². The number of rotatable bonds is 5. The molecule has 4 rings (SSSR count). The van der Waals surface area contributed by atoms with E-state index in [-0.39, 0.29) is 5.91 Å². The summed E-state index contributed by atoms with van der Waals surface area (Å²) in [6.07, 6.45) is 10.7. The lowest BCUT2D eigenvalue weighted by atomic mass is 9.90. The van der Waals surface area contributed by atoms with Crippen LogP contribution < -0.4 is 0 Å². The number of nitrogens with one attached hydrogen (secondary N) is 1. The molecule has 1 amide bonds. The summed E-state index contributed by atoms with van der Waals surface area (Å²) in [4.78, 5) is 27.6. The number of likely N-dealkylation sites (tertiary alicyclic amines) is 1. The van der Waals surface area contributed by atoms with Crippen molar-refractivity contribution in [2.24, 2.45) is 0 Å². The summed E-state index contributed by atoms with van der Waals surface area (Å²) in [5, 5.41) is 7.46. The summed E-state index contributed by atoms with van der Waals surface area (Å²) in [7, 11) is 0. The first kappa shape index (κ1) is 18.3. The lowest BCUT2D eigenvalue weighted by molar-refractivity contribution is 0.0712. The van der Waals surface area contributed by atoms with Crippen LogP contribution in [0.2, 0.25) is 0 Å². The van der Waals surface area contributed by atoms with Crippen molar-refractivity contribution in [1.82, 2.24) is 30.0 Å². The van der Waals surface area contributed by atoms with Crippen LogP contribution in [0.5, 0.6) is 0 Å². The fourth-order valence-corrected chi connectivity index (χ4v) is 3.75. The summed E-state index contributed by atoms with van der Waals surface area (Å²) in [6, 6.07) is 5.48. The molecular weight excluding hydrogens is 352 g/mol. The van der Waals surface area contributed by atoms with Gasteiger partial charge in [-0.05, 0) is 37.5 Å². The molecule has 1 aliphatic rings. The molecule has 0 bridgehead atoms. The maximum atomic E-state index is 12.6. The number of aromatic nitrogens is 5. The molecular formula is C21H24N6O. The third-order valence-electron chi connectivity index (χ3n) is 5.24. The maximum absolute atomic E-state index is 12.6. The van der Waals surface area contributed by atoms with E-state index in [1.54, 1.807) is 24.5 Å². The predicted octanol–water partition coefficient (Wildman–Crippen LogP) is 3.23. The van der Waals surface area contributed by atoms with Crippen LogP contribution in [0, 0.1) is 0 Å². The first-order chi connectivity index (χ1) is 13.8. The molecule has 0 radical (unpaired) electrons. The summed E-state index contributed by atoms with van der Waals surface area (Å²) in [5.41, 5.74) is 3.76. The first-order valence-electron chi connectivity index (χ1n) is 9.81. The van der Waals surface area contributed by atoms with E-state index in [0.717, 1.165) is 61.5 Å². The summed E-state index contributed by atoms with van der Waals surface area (Å²) < 4.78 is 0. The second-order valence-electron chi connectivity index (χ2n) is 7.11. The molecule has 0 saturated carbocycles. The van der Waals surface area contributed by atoms with E-state index in [1.165, 1.54) is 0 Å². The molecule has 0 atom stereocenters. The average molecular weight is 376 g/mol. The molecule has 7 nitrogen and oxygen atoms in total. The zero-order chi connectivity index (χ0) is 19.3. The third-order valence-corrected chi connectivity index (χ3v) is 5.24. The predicted molar refractivity (Wildman–Crippen MR) is 106 cm³/mol. The number of carbonyl (C=O) groups is 1. The van der Waals surface area contributed by atoms with Crippen molar-refractivity contribution in [1.29, 1.82) is 0 Å². The second-order valence-corrected chi connectivity index (χ2v) is 7.11. The Morgan fingerprint density at radius 1 is 1.18 bits per heavy atom. The molecule has 7 heteroatoms. The first-order valence-corrected chi connectivity index (χ1v) is 9.81. The number of aryl methyl sites for hydroxylation is 1. The van der Waals surface area contributed by atoms with Crippen LogP contribution >= 0.6 is 0 Å². The standard InChI is InChI=1S/C21H24N6O/c1-2-3-19-23-11-6-18(25-19)17-14-24-26-20(17)15-7-12-27(13-8-15)21(28)16-4-9-22-10-5-16/h4-6,9-11,14-15H,2-3,7-8,12-13H2,1H3,(H,24,26). The van der Waals surface area contributed by atoms with Gasteiger partial charge in [0, 0.05) is 60.8 Å². The van der Waals surface area contributed by atoms with E-state index in [4.69, 9.17) is 4.98 Å². The number of H-pyrrole nitrogens is 1. The van der Waals surface area contributed by atoms with E-state index in [1.807, 2.05) is 23.4 Å². The van der Waals surface area contributed by atoms with Crippen molar-refractivity contribution < 1.29 is 4.79 Å². The highest BCUT2D eigenvalue weighted by atomic mass is 16.2. The van der Waals surface area contributed by atoms with Crippen molar-refractivity contribution >= 4 is 5.91 Å². The van der Waals surface area contributed by atoms with Gasteiger partial charge in [-0.2, -0.15) is 5.10 Å². The fourth-order valence-electron chi connectivity index (χ4n) is 3.75. The zero-order valence-electron chi connectivity index (χ0n) is 16.0. The normalized spacial score (nSPS) is 15.0. The molecule has 1 fully saturated rings. The lowest BCUT2D eigenvalue weighted by Crippen LogP contribution is -2.38. The molecule has 144 valence electrons. The van der Waals surface area contributed by atoms with Crippen LogP contribution in [0.3, 0.4) is 0 Å². The molecule has 4 heterocycles. The Kier molecular flexibility index (Phi) is 5.41. The Balaban J connectivity index is 1.47. The Bertz CT molecular complexity index is 931. The van der Waals surface area contributed by atoms with Gasteiger partial charge < -0.3 is 4.90 Å². The van der Waals surface area contributed by atoms with Crippen molar-refractivity contribution in [2.75, 3.05) is 13.1 Å². The quantitative estimate of drug-likeness (QED) is 0.739. The van der Waals surface area contributed by atoms with Gasteiger partial charge in [0.25, 0.3) is 5.91 Å². The third kappa shape index (κ3) is 3.78. The van der Waals surface area contributed by atoms with Gasteiger partial charge in [-0.1, -0.05) is 6.92 Å². The number of amides is 1. The fraction of sp³-hybridized carbons (Fsp3) is 0.381. The Labute approximate surface area is 164 Å². The summed E-state index contributed by atoms with van der Waals surface area (Å²) in [5.74, 6) is 1.28. The minimum absolute atomic E-state index is 0.0747. The van der Waals surface area contributed by atoms with Gasteiger partial charge in [0.2, 0.25) is 0 Å². The van der Waals surface area contributed by atoms with Crippen LogP contribution in [0.15, 0.2) is 43.0 Å². The van der Waals surface area contributed by atoms with Gasteiger partial charge in [-0.15, -0.1) is 0 Å². The highest BCUT2D eigenvalue weighted by Crippen LogP contribution is 2.33. The second kappa shape index (κ2) is 8.29. The Morgan fingerprint density at radius 2 is 1.96 bits per heavy atom. The van der Waals surface area contributed by atoms with Crippen LogP contribution in [0.1, 0.15) is 54.0 Å². The van der Waals surface area contributed by atoms with Gasteiger partial charge >= 0.3 is 0 Å². The van der Waals surface area contributed by atoms with Gasteiger partial charge in [0.15, 0.2) is 0 Å². The topological polar surface area (TPSA) is 87.7 Å². The molecule has 1 aliphatic heterocycles. The summed E-state index contributed by atoms with van der Waals surface area (Å²) in [6.45, 7) is 3.59. The lowest BCUT2D eigenvalue weighted by Gasteiger charge is -2.32. The number of nitrogens with zero attached hydrogens (tertiary/aromatic N) is 5. The number of carbonyl (C=O) groups excluding carboxylic acids is 1. The summed E-state index contributed by atoms with van der Waals surface area (Å²) >= 11 is 0. The highest BCUT2D eigenvalue weighted by molar-refractivity contribution is 5.94. The van der Waals surface area contributed by atoms with E-state index >= 15 is 0 Å². The molecule has 0 aliphatic carbocycles. The molecule has 3 aromatic rings. The Morgan fingerprint density at radius 3 is 2.71 bits per heavy atom. The largest absolute Gasteiger partial charge is 0.339 e. The van der Waals surface area contributed by atoms with E-state index in [2.05, 4.69) is 27.1 Å². The maximum Gasteiger partial charge on any atom is 0.253 e. The van der Waals surface area contributed by atoms with E-state index < -0.39 is 0 Å². The van der Waals surface area contributed by atoms with Crippen LogP contribution in [-0.4, -0.2) is 49.0 Å². The van der Waals surface area contributed by atoms with Crippen molar-refractivity contribution in [3.8, 4) is 11.3 Å². The molecule has 28 heavy (non-hydrogen) atoms. The van der Waals surface area contributed by atoms with Crippen molar-refractivity contribution in [3.63, 3.8) is 0 Å². The number of piperidine rings is 1. The number of pyridine rings is 1. The van der Waals surface area contributed by atoms with Crippen LogP contribution in [0.25, 0.3) is 11.3 Å². The van der Waals surface area contributed by atoms with Gasteiger partial charge in [0.1, 0.15) is 5.82 Å². The van der Waals surface area contributed by atoms with Crippen molar-refractivity contribution in [3.05, 3.63) is 60.1 Å². The van der Waals surface area contributed by atoms with Crippen LogP contribution in [0.4, 0.5) is 0 Å².